The zero-order valence-corrected chi connectivity index (χ0v) is 11.6. The zero-order valence-electron chi connectivity index (χ0n) is 11.6. The van der Waals surface area contributed by atoms with E-state index in [0.717, 1.165) is 29.8 Å². The second-order valence-electron chi connectivity index (χ2n) is 5.55. The number of carbonyl (C=O) groups is 1. The highest BCUT2D eigenvalue weighted by Crippen LogP contribution is 2.35. The van der Waals surface area contributed by atoms with E-state index in [1.54, 1.807) is 0 Å². The van der Waals surface area contributed by atoms with E-state index in [0.29, 0.717) is 5.92 Å². The van der Waals surface area contributed by atoms with Gasteiger partial charge in [-0.3, -0.25) is 4.79 Å². The van der Waals surface area contributed by atoms with Crippen molar-refractivity contribution in [3.8, 4) is 0 Å². The predicted octanol–water partition coefficient (Wildman–Crippen LogP) is 2.93. The van der Waals surface area contributed by atoms with Gasteiger partial charge in [0, 0.05) is 11.3 Å². The molecular weight excluding hydrogens is 224 g/mol. The lowest BCUT2D eigenvalue weighted by Gasteiger charge is -2.14. The summed E-state index contributed by atoms with van der Waals surface area (Å²) >= 11 is 0. The van der Waals surface area contributed by atoms with Crippen LogP contribution in [0.1, 0.15) is 43.0 Å². The number of fused-ring (bicyclic) bond motifs is 1. The van der Waals surface area contributed by atoms with E-state index in [2.05, 4.69) is 43.5 Å². The summed E-state index contributed by atoms with van der Waals surface area (Å²) in [6.07, 6.45) is 1.09. The van der Waals surface area contributed by atoms with Crippen LogP contribution in [0.15, 0.2) is 12.1 Å². The maximum atomic E-state index is 12.0. The molecule has 2 N–H and O–H groups in total. The Bertz CT molecular complexity index is 466. The van der Waals surface area contributed by atoms with Crippen LogP contribution in [-0.4, -0.2) is 12.5 Å². The van der Waals surface area contributed by atoms with Gasteiger partial charge in [-0.25, -0.2) is 0 Å². The van der Waals surface area contributed by atoms with Gasteiger partial charge in [-0.2, -0.15) is 0 Å². The van der Waals surface area contributed by atoms with E-state index in [1.807, 2.05) is 6.92 Å². The molecule has 0 aliphatic carbocycles. The first-order valence-corrected chi connectivity index (χ1v) is 6.65. The van der Waals surface area contributed by atoms with Gasteiger partial charge in [0.2, 0.25) is 5.91 Å². The van der Waals surface area contributed by atoms with Crippen molar-refractivity contribution >= 4 is 11.6 Å². The molecule has 3 heteroatoms. The lowest BCUT2D eigenvalue weighted by atomic mass is 9.99. The molecule has 0 bridgehead atoms. The van der Waals surface area contributed by atoms with E-state index in [4.69, 9.17) is 0 Å². The van der Waals surface area contributed by atoms with Crippen molar-refractivity contribution < 1.29 is 4.79 Å². The minimum absolute atomic E-state index is 0.0751. The molecule has 18 heavy (non-hydrogen) atoms. The normalized spacial score (nSPS) is 18.1. The number of hydrogen-bond acceptors (Lipinski definition) is 2. The Morgan fingerprint density at radius 1 is 1.28 bits per heavy atom. The number of anilines is 1. The molecule has 1 unspecified atom stereocenters. The van der Waals surface area contributed by atoms with Gasteiger partial charge in [-0.05, 0) is 43.9 Å². The molecule has 1 aliphatic heterocycles. The molecule has 0 fully saturated rings. The molecular formula is C15H22N2O. The first-order chi connectivity index (χ1) is 8.50. The van der Waals surface area contributed by atoms with Crippen LogP contribution in [0.4, 0.5) is 5.69 Å². The fourth-order valence-electron chi connectivity index (χ4n) is 2.41. The molecule has 0 spiro atoms. The summed E-state index contributed by atoms with van der Waals surface area (Å²) in [5, 5.41) is 6.37. The summed E-state index contributed by atoms with van der Waals surface area (Å²) in [7, 11) is 0. The molecule has 2 rings (SSSR count). The smallest absolute Gasteiger partial charge is 0.246 e. The summed E-state index contributed by atoms with van der Waals surface area (Å²) < 4.78 is 0. The van der Waals surface area contributed by atoms with Crippen molar-refractivity contribution in [2.24, 2.45) is 5.92 Å². The Kier molecular flexibility index (Phi) is 3.71. The number of rotatable bonds is 4. The van der Waals surface area contributed by atoms with Crippen molar-refractivity contribution in [1.82, 2.24) is 5.32 Å². The van der Waals surface area contributed by atoms with Crippen LogP contribution in [0, 0.1) is 19.8 Å². The third-order valence-corrected chi connectivity index (χ3v) is 3.54. The largest absolute Gasteiger partial charge is 0.324 e. The number of carbonyl (C=O) groups excluding carboxylic acids is 1. The van der Waals surface area contributed by atoms with Crippen LogP contribution in [0.5, 0.6) is 0 Å². The van der Waals surface area contributed by atoms with Gasteiger partial charge in [0.25, 0.3) is 0 Å². The van der Waals surface area contributed by atoms with Crippen LogP contribution in [-0.2, 0) is 4.79 Å². The zero-order chi connectivity index (χ0) is 13.3. The van der Waals surface area contributed by atoms with Crippen molar-refractivity contribution in [2.75, 3.05) is 11.9 Å². The summed E-state index contributed by atoms with van der Waals surface area (Å²) in [5.41, 5.74) is 4.44. The standard InChI is InChI=1S/C15H22N2O/c1-9(2)7-8-16-14-12-10(3)5-6-11(4)13(12)17-15(14)18/h5-6,9,14,16H,7-8H2,1-4H3,(H,17,18). The first-order valence-electron chi connectivity index (χ1n) is 6.65. The average Bonchev–Trinajstić information content (AvgIpc) is 2.63. The van der Waals surface area contributed by atoms with Gasteiger partial charge in [-0.1, -0.05) is 26.0 Å². The van der Waals surface area contributed by atoms with E-state index >= 15 is 0 Å². The molecule has 0 aromatic heterocycles. The van der Waals surface area contributed by atoms with Gasteiger partial charge in [-0.15, -0.1) is 0 Å². The minimum Gasteiger partial charge on any atom is -0.324 e. The molecule has 1 heterocycles. The Balaban J connectivity index is 2.19. The van der Waals surface area contributed by atoms with Crippen molar-refractivity contribution in [3.05, 3.63) is 28.8 Å². The lowest BCUT2D eigenvalue weighted by molar-refractivity contribution is -0.117. The Morgan fingerprint density at radius 2 is 1.94 bits per heavy atom. The van der Waals surface area contributed by atoms with Gasteiger partial charge < -0.3 is 10.6 Å². The molecule has 0 radical (unpaired) electrons. The second kappa shape index (κ2) is 5.11. The van der Waals surface area contributed by atoms with E-state index in [1.165, 1.54) is 5.56 Å². The van der Waals surface area contributed by atoms with E-state index in [-0.39, 0.29) is 11.9 Å². The topological polar surface area (TPSA) is 41.1 Å². The highest BCUT2D eigenvalue weighted by molar-refractivity contribution is 6.03. The van der Waals surface area contributed by atoms with Crippen LogP contribution < -0.4 is 10.6 Å². The number of amides is 1. The van der Waals surface area contributed by atoms with Crippen molar-refractivity contribution in [1.29, 1.82) is 0 Å². The third kappa shape index (κ3) is 2.41. The van der Waals surface area contributed by atoms with Gasteiger partial charge in [0.05, 0.1) is 0 Å². The van der Waals surface area contributed by atoms with Crippen LogP contribution in [0.3, 0.4) is 0 Å². The van der Waals surface area contributed by atoms with Gasteiger partial charge in [0.15, 0.2) is 0 Å². The molecule has 0 saturated carbocycles. The Labute approximate surface area is 109 Å². The van der Waals surface area contributed by atoms with Gasteiger partial charge >= 0.3 is 0 Å². The molecule has 3 nitrogen and oxygen atoms in total. The van der Waals surface area contributed by atoms with E-state index < -0.39 is 0 Å². The number of benzene rings is 1. The summed E-state index contributed by atoms with van der Waals surface area (Å²) in [5.74, 6) is 0.728. The average molecular weight is 246 g/mol. The Morgan fingerprint density at radius 3 is 2.61 bits per heavy atom. The molecule has 1 aromatic rings. The highest BCUT2D eigenvalue weighted by Gasteiger charge is 2.32. The van der Waals surface area contributed by atoms with Crippen LogP contribution in [0.25, 0.3) is 0 Å². The highest BCUT2D eigenvalue weighted by atomic mass is 16.2. The molecule has 1 aromatic carbocycles. The predicted molar refractivity (Wildman–Crippen MR) is 74.7 cm³/mol. The lowest BCUT2D eigenvalue weighted by Crippen LogP contribution is -2.29. The summed E-state index contributed by atoms with van der Waals surface area (Å²) in [6.45, 7) is 9.37. The fraction of sp³-hybridized carbons (Fsp3) is 0.533. The number of hydrogen-bond donors (Lipinski definition) is 2. The SMILES string of the molecule is Cc1ccc(C)c2c1NC(=O)C2NCCC(C)C. The molecule has 0 saturated heterocycles. The summed E-state index contributed by atoms with van der Waals surface area (Å²) in [6, 6.07) is 3.97. The van der Waals surface area contributed by atoms with Crippen molar-refractivity contribution in [3.63, 3.8) is 0 Å². The molecule has 1 atom stereocenters. The first kappa shape index (κ1) is 13.1. The maximum Gasteiger partial charge on any atom is 0.246 e. The molecule has 1 aliphatic rings. The minimum atomic E-state index is -0.182. The van der Waals surface area contributed by atoms with Crippen LogP contribution >= 0.6 is 0 Å². The molecule has 1 amide bonds. The number of nitrogens with one attached hydrogen (secondary N) is 2. The van der Waals surface area contributed by atoms with Crippen LogP contribution in [0.2, 0.25) is 0 Å². The monoisotopic (exact) mass is 246 g/mol. The third-order valence-electron chi connectivity index (χ3n) is 3.54. The summed E-state index contributed by atoms with van der Waals surface area (Å²) in [4.78, 5) is 12.0. The number of aryl methyl sites for hydroxylation is 2. The van der Waals surface area contributed by atoms with E-state index in [9.17, 15) is 4.79 Å². The second-order valence-corrected chi connectivity index (χ2v) is 5.55. The van der Waals surface area contributed by atoms with Gasteiger partial charge in [0.1, 0.15) is 6.04 Å². The quantitative estimate of drug-likeness (QED) is 0.857. The Hall–Kier alpha value is -1.35. The fourth-order valence-corrected chi connectivity index (χ4v) is 2.41. The molecule has 98 valence electrons. The maximum absolute atomic E-state index is 12.0. The van der Waals surface area contributed by atoms with Crippen molar-refractivity contribution in [2.45, 2.75) is 40.2 Å².